The molecule has 6 nitrogen and oxygen atoms in total. The van der Waals surface area contributed by atoms with Crippen molar-refractivity contribution in [3.8, 4) is 5.75 Å². The Morgan fingerprint density at radius 2 is 2.00 bits per heavy atom. The zero-order valence-corrected chi connectivity index (χ0v) is 14.9. The SMILES string of the molecule is COc1ccc2c(c1)C(c1ccc(Br)cc1)=NC(CC(=O)O)C(=O)N2. The number of carboxylic acid groups (broad SMARTS) is 1. The van der Waals surface area contributed by atoms with Crippen molar-refractivity contribution in [3.05, 3.63) is 58.1 Å². The molecule has 1 amide bonds. The first-order valence-electron chi connectivity index (χ1n) is 7.52. The molecular weight excluding hydrogens is 388 g/mol. The van der Waals surface area contributed by atoms with Crippen LogP contribution in [0.25, 0.3) is 0 Å². The molecule has 1 aliphatic rings. The van der Waals surface area contributed by atoms with Gasteiger partial charge in [0.2, 0.25) is 5.91 Å². The Kier molecular flexibility index (Phi) is 4.85. The van der Waals surface area contributed by atoms with Gasteiger partial charge < -0.3 is 15.2 Å². The fourth-order valence-corrected chi connectivity index (χ4v) is 2.86. The molecular formula is C18H15BrN2O4. The Balaban J connectivity index is 2.18. The number of hydrogen-bond acceptors (Lipinski definition) is 4. The van der Waals surface area contributed by atoms with Crippen LogP contribution in [0.1, 0.15) is 17.5 Å². The average Bonchev–Trinajstić information content (AvgIpc) is 2.72. The molecule has 0 saturated carbocycles. The summed E-state index contributed by atoms with van der Waals surface area (Å²) < 4.78 is 6.18. The van der Waals surface area contributed by atoms with Gasteiger partial charge in [-0.05, 0) is 30.3 Å². The molecule has 0 radical (unpaired) electrons. The van der Waals surface area contributed by atoms with Crippen LogP contribution >= 0.6 is 15.9 Å². The summed E-state index contributed by atoms with van der Waals surface area (Å²) in [4.78, 5) is 28.0. The molecule has 0 bridgehead atoms. The normalized spacial score (nSPS) is 16.3. The molecule has 1 aliphatic heterocycles. The van der Waals surface area contributed by atoms with E-state index in [4.69, 9.17) is 9.84 Å². The molecule has 0 aromatic heterocycles. The molecule has 2 N–H and O–H groups in total. The number of hydrogen-bond donors (Lipinski definition) is 2. The van der Waals surface area contributed by atoms with Crippen LogP contribution in [-0.4, -0.2) is 35.8 Å². The number of carboxylic acids is 1. The zero-order chi connectivity index (χ0) is 18.0. The van der Waals surface area contributed by atoms with Crippen molar-refractivity contribution in [2.24, 2.45) is 4.99 Å². The number of fused-ring (bicyclic) bond motifs is 1. The van der Waals surface area contributed by atoms with Crippen LogP contribution in [-0.2, 0) is 9.59 Å². The van der Waals surface area contributed by atoms with Gasteiger partial charge in [0, 0.05) is 15.6 Å². The number of aliphatic imine (C=N–C) groups is 1. The summed E-state index contributed by atoms with van der Waals surface area (Å²) in [6.45, 7) is 0. The predicted molar refractivity (Wildman–Crippen MR) is 97.4 cm³/mol. The second-order valence-electron chi connectivity index (χ2n) is 5.50. The number of methoxy groups -OCH3 is 1. The highest BCUT2D eigenvalue weighted by atomic mass is 79.9. The van der Waals surface area contributed by atoms with Crippen molar-refractivity contribution < 1.29 is 19.4 Å². The Morgan fingerprint density at radius 3 is 2.64 bits per heavy atom. The van der Waals surface area contributed by atoms with Gasteiger partial charge in [0.25, 0.3) is 0 Å². The minimum atomic E-state index is -1.08. The monoisotopic (exact) mass is 402 g/mol. The van der Waals surface area contributed by atoms with Crippen LogP contribution in [0, 0.1) is 0 Å². The highest BCUT2D eigenvalue weighted by Gasteiger charge is 2.28. The Morgan fingerprint density at radius 1 is 1.28 bits per heavy atom. The topological polar surface area (TPSA) is 88.0 Å². The van der Waals surface area contributed by atoms with Crippen molar-refractivity contribution in [1.29, 1.82) is 0 Å². The van der Waals surface area contributed by atoms with Gasteiger partial charge in [-0.15, -0.1) is 0 Å². The molecule has 128 valence electrons. The number of aliphatic carboxylic acids is 1. The van der Waals surface area contributed by atoms with Crippen molar-refractivity contribution in [2.45, 2.75) is 12.5 Å². The molecule has 0 spiro atoms. The zero-order valence-electron chi connectivity index (χ0n) is 13.3. The number of nitrogens with one attached hydrogen (secondary N) is 1. The summed E-state index contributed by atoms with van der Waals surface area (Å²) in [6.07, 6.45) is -0.378. The maximum absolute atomic E-state index is 12.4. The molecule has 0 fully saturated rings. The van der Waals surface area contributed by atoms with Gasteiger partial charge >= 0.3 is 5.97 Å². The number of carbonyl (C=O) groups is 2. The Hall–Kier alpha value is -2.67. The van der Waals surface area contributed by atoms with E-state index >= 15 is 0 Å². The molecule has 1 heterocycles. The standard InChI is InChI=1S/C18H15BrN2O4/c1-25-12-6-7-14-13(8-12)17(10-2-4-11(19)5-3-10)20-15(9-16(22)23)18(24)21-14/h2-8,15H,9H2,1H3,(H,21,24)(H,22,23). The minimum Gasteiger partial charge on any atom is -0.497 e. The van der Waals surface area contributed by atoms with Gasteiger partial charge in [0.1, 0.15) is 11.8 Å². The van der Waals surface area contributed by atoms with Gasteiger partial charge in [-0.1, -0.05) is 28.1 Å². The van der Waals surface area contributed by atoms with Crippen molar-refractivity contribution >= 4 is 39.2 Å². The van der Waals surface area contributed by atoms with E-state index < -0.39 is 17.9 Å². The van der Waals surface area contributed by atoms with Crippen LogP contribution in [0.3, 0.4) is 0 Å². The first kappa shape index (κ1) is 17.2. The van der Waals surface area contributed by atoms with E-state index in [1.165, 1.54) is 0 Å². The highest BCUT2D eigenvalue weighted by Crippen LogP contribution is 2.29. The lowest BCUT2D eigenvalue weighted by Gasteiger charge is -2.11. The summed E-state index contributed by atoms with van der Waals surface area (Å²) in [6, 6.07) is 11.7. The highest BCUT2D eigenvalue weighted by molar-refractivity contribution is 9.10. The first-order chi connectivity index (χ1) is 12.0. The van der Waals surface area contributed by atoms with Crippen molar-refractivity contribution in [2.75, 3.05) is 12.4 Å². The summed E-state index contributed by atoms with van der Waals surface area (Å²) in [5, 5.41) is 11.9. The summed E-state index contributed by atoms with van der Waals surface area (Å²) >= 11 is 3.39. The van der Waals surface area contributed by atoms with E-state index in [1.807, 2.05) is 24.3 Å². The molecule has 0 saturated heterocycles. The van der Waals surface area contributed by atoms with E-state index in [2.05, 4.69) is 26.2 Å². The van der Waals surface area contributed by atoms with Gasteiger partial charge in [0.05, 0.1) is 24.9 Å². The predicted octanol–water partition coefficient (Wildman–Crippen LogP) is 3.09. The fraction of sp³-hybridized carbons (Fsp3) is 0.167. The molecule has 2 aromatic rings. The van der Waals surface area contributed by atoms with E-state index in [0.29, 0.717) is 22.7 Å². The van der Waals surface area contributed by atoms with Crippen LogP contribution in [0.4, 0.5) is 5.69 Å². The van der Waals surface area contributed by atoms with Gasteiger partial charge in [-0.2, -0.15) is 0 Å². The molecule has 2 aromatic carbocycles. The third-order valence-electron chi connectivity index (χ3n) is 3.81. The van der Waals surface area contributed by atoms with E-state index in [9.17, 15) is 9.59 Å². The van der Waals surface area contributed by atoms with E-state index in [-0.39, 0.29) is 6.42 Å². The van der Waals surface area contributed by atoms with Gasteiger partial charge in [-0.3, -0.25) is 14.6 Å². The second-order valence-corrected chi connectivity index (χ2v) is 6.41. The summed E-state index contributed by atoms with van der Waals surface area (Å²) in [7, 11) is 1.56. The number of ether oxygens (including phenoxy) is 1. The number of rotatable bonds is 4. The Labute approximate surface area is 152 Å². The number of amides is 1. The summed E-state index contributed by atoms with van der Waals surface area (Å²) in [5.74, 6) is -0.905. The number of nitrogens with zero attached hydrogens (tertiary/aromatic N) is 1. The smallest absolute Gasteiger partial charge is 0.306 e. The second kappa shape index (κ2) is 7.06. The largest absolute Gasteiger partial charge is 0.497 e. The van der Waals surface area contributed by atoms with Crippen molar-refractivity contribution in [3.63, 3.8) is 0 Å². The average molecular weight is 403 g/mol. The van der Waals surface area contributed by atoms with Crippen LogP contribution in [0.2, 0.25) is 0 Å². The number of anilines is 1. The molecule has 3 rings (SSSR count). The number of benzene rings is 2. The van der Waals surface area contributed by atoms with Gasteiger partial charge in [-0.25, -0.2) is 0 Å². The first-order valence-corrected chi connectivity index (χ1v) is 8.32. The van der Waals surface area contributed by atoms with Gasteiger partial charge in [0.15, 0.2) is 0 Å². The minimum absolute atomic E-state index is 0.378. The third-order valence-corrected chi connectivity index (χ3v) is 4.34. The number of carbonyl (C=O) groups excluding carboxylic acids is 1. The van der Waals surface area contributed by atoms with E-state index in [1.54, 1.807) is 25.3 Å². The maximum atomic E-state index is 12.4. The third kappa shape index (κ3) is 3.71. The van der Waals surface area contributed by atoms with Crippen molar-refractivity contribution in [1.82, 2.24) is 0 Å². The molecule has 25 heavy (non-hydrogen) atoms. The fourth-order valence-electron chi connectivity index (χ4n) is 2.60. The Bertz CT molecular complexity index is 862. The molecule has 1 atom stereocenters. The maximum Gasteiger partial charge on any atom is 0.306 e. The number of benzodiazepines with no additional fused rings is 1. The lowest BCUT2D eigenvalue weighted by molar-refractivity contribution is -0.138. The van der Waals surface area contributed by atoms with E-state index in [0.717, 1.165) is 10.0 Å². The molecule has 1 unspecified atom stereocenters. The summed E-state index contributed by atoms with van der Waals surface area (Å²) in [5.41, 5.74) is 2.58. The van der Waals surface area contributed by atoms with Crippen LogP contribution in [0.5, 0.6) is 5.75 Å². The lowest BCUT2D eigenvalue weighted by Crippen LogP contribution is -2.27. The molecule has 7 heteroatoms. The van der Waals surface area contributed by atoms with Crippen LogP contribution in [0.15, 0.2) is 51.9 Å². The number of halogens is 1. The van der Waals surface area contributed by atoms with Crippen LogP contribution < -0.4 is 10.1 Å². The quantitative estimate of drug-likeness (QED) is 0.822. The molecule has 0 aliphatic carbocycles. The lowest BCUT2D eigenvalue weighted by atomic mass is 10.00.